The van der Waals surface area contributed by atoms with Crippen LogP contribution in [0.15, 0.2) is 0 Å². The molecule has 89 heavy (non-hydrogen) atoms. The molecule has 26 nitrogen and oxygen atoms in total. The summed E-state index contributed by atoms with van der Waals surface area (Å²) in [5.74, 6) is 0. The number of unbranched alkanes of at least 4 members (excludes halogenated alkanes) is 11. The summed E-state index contributed by atoms with van der Waals surface area (Å²) in [6.45, 7) is 26.3. The largest absolute Gasteiger partial charge is 0.394 e. The minimum atomic E-state index is 0.0181. The van der Waals surface area contributed by atoms with Gasteiger partial charge in [-0.2, -0.15) is 0 Å². The molecule has 0 bridgehead atoms. The molecule has 0 atom stereocenters. The highest BCUT2D eigenvalue weighted by Gasteiger charge is 2.02. The van der Waals surface area contributed by atoms with Crippen LogP contribution < -0.4 is 0 Å². The van der Waals surface area contributed by atoms with E-state index >= 15 is 0 Å². The summed E-state index contributed by atoms with van der Waals surface area (Å²) in [6, 6.07) is 0. The van der Waals surface area contributed by atoms with Crippen molar-refractivity contribution in [1.29, 1.82) is 0 Å². The van der Waals surface area contributed by atoms with Gasteiger partial charge in [-0.1, -0.05) is 77.6 Å². The predicted octanol–water partition coefficient (Wildman–Crippen LogP) is 5.05. The van der Waals surface area contributed by atoms with Crippen LogP contribution in [0.4, 0.5) is 0 Å². The van der Waals surface area contributed by atoms with Crippen molar-refractivity contribution in [1.82, 2.24) is 0 Å². The minimum Gasteiger partial charge on any atom is -0.394 e. The highest BCUT2D eigenvalue weighted by molar-refractivity contribution is 4.49. The topological polar surface area (TPSA) is 251 Å². The van der Waals surface area contributed by atoms with E-state index in [-0.39, 0.29) is 13.4 Å². The third-order valence-electron chi connectivity index (χ3n) is 12.1. The third-order valence-corrected chi connectivity index (χ3v) is 12.1. The van der Waals surface area contributed by atoms with Crippen LogP contribution in [0.2, 0.25) is 0 Å². The molecule has 0 aliphatic rings. The SMILES string of the molecule is CCCCCCCCCCCCCCOCCOCOCCOCCOCCOCCOCCOCCOCCOCCOCCOCCOCCOCCOCCOCCOCCOCCOCCOCCOCCOCCOCCOCCOCCO. The zero-order valence-corrected chi connectivity index (χ0v) is 55.5. The van der Waals surface area contributed by atoms with Crippen molar-refractivity contribution in [3.63, 3.8) is 0 Å². The Bertz CT molecular complexity index is 1110. The fourth-order valence-corrected chi connectivity index (χ4v) is 7.34. The van der Waals surface area contributed by atoms with E-state index in [4.69, 9.17) is 124 Å². The number of ether oxygens (including phenoxy) is 25. The van der Waals surface area contributed by atoms with Crippen molar-refractivity contribution in [3.8, 4) is 0 Å². The number of aliphatic hydroxyl groups excluding tert-OH is 1. The molecular weight excluding hydrogens is 1170 g/mol. The molecule has 0 saturated carbocycles. The van der Waals surface area contributed by atoms with Crippen LogP contribution in [-0.4, -0.2) is 336 Å². The van der Waals surface area contributed by atoms with Gasteiger partial charge >= 0.3 is 0 Å². The van der Waals surface area contributed by atoms with Gasteiger partial charge in [-0.15, -0.1) is 0 Å². The summed E-state index contributed by atoms with van der Waals surface area (Å²) in [7, 11) is 0. The molecule has 0 saturated heterocycles. The lowest BCUT2D eigenvalue weighted by Crippen LogP contribution is -2.16. The van der Waals surface area contributed by atoms with Gasteiger partial charge in [-0.05, 0) is 6.42 Å². The van der Waals surface area contributed by atoms with E-state index in [0.717, 1.165) is 13.0 Å². The highest BCUT2D eigenvalue weighted by Crippen LogP contribution is 2.12. The Labute approximate surface area is 536 Å². The van der Waals surface area contributed by atoms with Crippen LogP contribution in [0.1, 0.15) is 84.0 Å². The monoisotopic (exact) mass is 1300 g/mol. The minimum absolute atomic E-state index is 0.0181. The Morgan fingerprint density at radius 2 is 0.258 bits per heavy atom. The van der Waals surface area contributed by atoms with Crippen molar-refractivity contribution in [2.45, 2.75) is 84.0 Å². The van der Waals surface area contributed by atoms with Gasteiger partial charge in [0.2, 0.25) is 0 Å². The molecule has 536 valence electrons. The number of hydrogen-bond acceptors (Lipinski definition) is 26. The van der Waals surface area contributed by atoms with Gasteiger partial charge in [0.25, 0.3) is 0 Å². The number of aliphatic hydroxyl groups is 1. The lowest BCUT2D eigenvalue weighted by atomic mass is 10.1. The molecule has 0 aromatic rings. The van der Waals surface area contributed by atoms with Crippen LogP contribution in [0.5, 0.6) is 0 Å². The molecule has 0 amide bonds. The standard InChI is InChI=1S/C63H128O26/c1-2-3-4-5-6-7-8-9-10-11-12-13-15-65-59-61-88-63-89-62-60-87-58-57-86-56-55-85-54-53-84-52-51-83-50-49-82-48-47-81-46-45-80-44-43-79-42-41-78-40-39-77-38-37-76-36-35-75-34-33-74-32-31-73-30-29-72-28-27-71-26-25-70-24-23-69-22-21-68-20-19-67-18-17-66-16-14-64/h64H,2-63H2,1H3. The summed E-state index contributed by atoms with van der Waals surface area (Å²) >= 11 is 0. The van der Waals surface area contributed by atoms with Crippen LogP contribution in [0.25, 0.3) is 0 Å². The zero-order chi connectivity index (χ0) is 63.5. The van der Waals surface area contributed by atoms with Gasteiger partial charge in [-0.3, -0.25) is 0 Å². The van der Waals surface area contributed by atoms with Crippen molar-refractivity contribution in [2.24, 2.45) is 0 Å². The van der Waals surface area contributed by atoms with Gasteiger partial charge in [0, 0.05) is 6.61 Å². The highest BCUT2D eigenvalue weighted by atomic mass is 16.7. The quantitative estimate of drug-likeness (QED) is 0.0618. The second-order valence-electron chi connectivity index (χ2n) is 19.6. The second-order valence-corrected chi connectivity index (χ2v) is 19.6. The Morgan fingerprint density at radius 1 is 0.135 bits per heavy atom. The third kappa shape index (κ3) is 87.0. The first-order chi connectivity index (χ1) is 44.4. The van der Waals surface area contributed by atoms with Crippen LogP contribution >= 0.6 is 0 Å². The fourth-order valence-electron chi connectivity index (χ4n) is 7.34. The van der Waals surface area contributed by atoms with E-state index in [0.29, 0.717) is 311 Å². The van der Waals surface area contributed by atoms with E-state index < -0.39 is 0 Å². The molecule has 0 heterocycles. The van der Waals surface area contributed by atoms with Gasteiger partial charge in [0.15, 0.2) is 0 Å². The first-order valence-corrected chi connectivity index (χ1v) is 33.5. The van der Waals surface area contributed by atoms with E-state index in [1.165, 1.54) is 70.6 Å². The van der Waals surface area contributed by atoms with Crippen LogP contribution in [0, 0.1) is 0 Å². The Balaban J connectivity index is 3.08. The van der Waals surface area contributed by atoms with Crippen molar-refractivity contribution < 1.29 is 124 Å². The molecule has 0 rings (SSSR count). The number of hydrogen-bond donors (Lipinski definition) is 1. The van der Waals surface area contributed by atoms with Gasteiger partial charge in [0.1, 0.15) is 6.79 Å². The van der Waals surface area contributed by atoms with Crippen molar-refractivity contribution >= 4 is 0 Å². The normalized spacial score (nSPS) is 11.8. The fraction of sp³-hybridized carbons (Fsp3) is 1.00. The first kappa shape index (κ1) is 88.0. The van der Waals surface area contributed by atoms with Gasteiger partial charge in [0.05, 0.1) is 317 Å². The van der Waals surface area contributed by atoms with Gasteiger partial charge in [-0.25, -0.2) is 0 Å². The van der Waals surface area contributed by atoms with E-state index in [9.17, 15) is 0 Å². The van der Waals surface area contributed by atoms with Crippen LogP contribution in [-0.2, 0) is 118 Å². The molecule has 1 N–H and O–H groups in total. The average molecular weight is 1300 g/mol. The molecule has 0 aliphatic carbocycles. The summed E-state index contributed by atoms with van der Waals surface area (Å²) in [4.78, 5) is 0. The molecule has 0 fully saturated rings. The average Bonchev–Trinajstić information content (AvgIpc) is 3.54. The van der Waals surface area contributed by atoms with Crippen LogP contribution in [0.3, 0.4) is 0 Å². The predicted molar refractivity (Wildman–Crippen MR) is 334 cm³/mol. The Kier molecular flexibility index (Phi) is 85.9. The summed E-state index contributed by atoms with van der Waals surface area (Å²) < 4.78 is 137. The molecule has 0 unspecified atom stereocenters. The summed E-state index contributed by atoms with van der Waals surface area (Å²) in [6.07, 6.45) is 16.2. The van der Waals surface area contributed by atoms with E-state index in [2.05, 4.69) is 6.92 Å². The smallest absolute Gasteiger partial charge is 0.146 e. The summed E-state index contributed by atoms with van der Waals surface area (Å²) in [5, 5.41) is 8.62. The molecule has 0 aromatic carbocycles. The Morgan fingerprint density at radius 3 is 0.416 bits per heavy atom. The maximum Gasteiger partial charge on any atom is 0.146 e. The molecular formula is C63H128O26. The zero-order valence-electron chi connectivity index (χ0n) is 55.5. The van der Waals surface area contributed by atoms with Gasteiger partial charge < -0.3 is 124 Å². The summed E-state index contributed by atoms with van der Waals surface area (Å²) in [5.41, 5.74) is 0. The van der Waals surface area contributed by atoms with Crippen molar-refractivity contribution in [3.05, 3.63) is 0 Å². The van der Waals surface area contributed by atoms with E-state index in [1.807, 2.05) is 0 Å². The molecule has 0 radical (unpaired) electrons. The van der Waals surface area contributed by atoms with E-state index in [1.54, 1.807) is 0 Å². The molecule has 0 aliphatic heterocycles. The lowest BCUT2D eigenvalue weighted by molar-refractivity contribution is -0.0842. The second kappa shape index (κ2) is 87.0. The molecule has 0 spiro atoms. The molecule has 0 aromatic heterocycles. The maximum absolute atomic E-state index is 8.62. The Hall–Kier alpha value is -1.04. The molecule has 26 heteroatoms. The maximum atomic E-state index is 8.62. The first-order valence-electron chi connectivity index (χ1n) is 33.5. The van der Waals surface area contributed by atoms with Crippen molar-refractivity contribution in [2.75, 3.05) is 331 Å². The lowest BCUT2D eigenvalue weighted by Gasteiger charge is -2.09. The number of rotatable bonds is 86.